The fraction of sp³-hybridized carbons (Fsp3) is 0.143. The highest BCUT2D eigenvalue weighted by Crippen LogP contribution is 2.22. The van der Waals surface area contributed by atoms with Crippen LogP contribution in [0.25, 0.3) is 11.8 Å². The number of halogens is 1. The number of aryl methyl sites for hydroxylation is 1. The highest BCUT2D eigenvalue weighted by atomic mass is 35.5. The maximum Gasteiger partial charge on any atom is 0.328 e. The van der Waals surface area contributed by atoms with E-state index in [1.807, 2.05) is 38.1 Å². The summed E-state index contributed by atoms with van der Waals surface area (Å²) in [5, 5.41) is 13.6. The van der Waals surface area contributed by atoms with Crippen molar-refractivity contribution in [2.45, 2.75) is 13.8 Å². The average molecular weight is 277 g/mol. The number of nitrogens with zero attached hydrogens (tertiary/aromatic N) is 2. The lowest BCUT2D eigenvalue weighted by Crippen LogP contribution is -1.99. The van der Waals surface area contributed by atoms with Gasteiger partial charge in [0, 0.05) is 6.08 Å². The van der Waals surface area contributed by atoms with Crippen LogP contribution in [0.3, 0.4) is 0 Å². The van der Waals surface area contributed by atoms with Gasteiger partial charge in [-0.2, -0.15) is 5.10 Å². The SMILES string of the molecule is Cc1nn(-c2cccc(C=CC(=O)O)c2)c(C)c1Cl. The molecule has 0 unspecified atom stereocenters. The molecule has 1 aromatic carbocycles. The second-order valence-corrected chi connectivity index (χ2v) is 4.54. The van der Waals surface area contributed by atoms with Crippen LogP contribution in [-0.4, -0.2) is 20.9 Å². The Morgan fingerprint density at radius 2 is 2.16 bits per heavy atom. The van der Waals surface area contributed by atoms with Gasteiger partial charge in [0.05, 0.1) is 22.1 Å². The van der Waals surface area contributed by atoms with E-state index in [0.29, 0.717) is 5.02 Å². The lowest BCUT2D eigenvalue weighted by atomic mass is 10.2. The molecule has 0 aliphatic carbocycles. The van der Waals surface area contributed by atoms with Gasteiger partial charge in [-0.25, -0.2) is 9.48 Å². The van der Waals surface area contributed by atoms with E-state index in [-0.39, 0.29) is 0 Å². The Labute approximate surface area is 115 Å². The Morgan fingerprint density at radius 1 is 1.42 bits per heavy atom. The van der Waals surface area contributed by atoms with Gasteiger partial charge in [-0.05, 0) is 37.6 Å². The van der Waals surface area contributed by atoms with Gasteiger partial charge >= 0.3 is 5.97 Å². The van der Waals surface area contributed by atoms with E-state index in [0.717, 1.165) is 28.7 Å². The van der Waals surface area contributed by atoms with Crippen LogP contribution in [0.2, 0.25) is 5.02 Å². The van der Waals surface area contributed by atoms with Crippen LogP contribution >= 0.6 is 11.6 Å². The monoisotopic (exact) mass is 276 g/mol. The lowest BCUT2D eigenvalue weighted by Gasteiger charge is -2.05. The number of hydrogen-bond acceptors (Lipinski definition) is 2. The molecule has 0 amide bonds. The number of aliphatic carboxylic acids is 1. The molecule has 5 heteroatoms. The molecule has 0 spiro atoms. The topological polar surface area (TPSA) is 55.1 Å². The molecule has 0 saturated carbocycles. The van der Waals surface area contributed by atoms with Crippen LogP contribution in [0, 0.1) is 13.8 Å². The molecule has 0 atom stereocenters. The number of aromatic nitrogens is 2. The first-order valence-electron chi connectivity index (χ1n) is 5.72. The summed E-state index contributed by atoms with van der Waals surface area (Å²) in [4.78, 5) is 10.5. The maximum absolute atomic E-state index is 10.5. The first-order valence-corrected chi connectivity index (χ1v) is 6.10. The standard InChI is InChI=1S/C14H13ClN2O2/c1-9-14(15)10(2)17(16-9)12-5-3-4-11(8-12)6-7-13(18)19/h3-8H,1-2H3,(H,18,19). The smallest absolute Gasteiger partial charge is 0.328 e. The molecule has 0 aliphatic heterocycles. The van der Waals surface area contributed by atoms with Crippen molar-refractivity contribution in [3.8, 4) is 5.69 Å². The zero-order valence-electron chi connectivity index (χ0n) is 10.6. The normalized spacial score (nSPS) is 11.1. The summed E-state index contributed by atoms with van der Waals surface area (Å²) in [6, 6.07) is 7.43. The molecule has 4 nitrogen and oxygen atoms in total. The van der Waals surface area contributed by atoms with Gasteiger partial charge in [-0.15, -0.1) is 0 Å². The Balaban J connectivity index is 2.43. The number of rotatable bonds is 3. The number of carboxylic acid groups (broad SMARTS) is 1. The molecule has 1 heterocycles. The van der Waals surface area contributed by atoms with E-state index in [4.69, 9.17) is 16.7 Å². The van der Waals surface area contributed by atoms with E-state index >= 15 is 0 Å². The summed E-state index contributed by atoms with van der Waals surface area (Å²) in [7, 11) is 0. The molecular formula is C14H13ClN2O2. The van der Waals surface area contributed by atoms with Gasteiger partial charge in [0.1, 0.15) is 0 Å². The first-order chi connectivity index (χ1) is 8.99. The van der Waals surface area contributed by atoms with Crippen molar-refractivity contribution in [1.29, 1.82) is 0 Å². The molecule has 98 valence electrons. The van der Waals surface area contributed by atoms with Crippen LogP contribution in [-0.2, 0) is 4.79 Å². The summed E-state index contributed by atoms with van der Waals surface area (Å²) >= 11 is 6.12. The summed E-state index contributed by atoms with van der Waals surface area (Å²) in [5.74, 6) is -0.973. The van der Waals surface area contributed by atoms with Crippen LogP contribution in [0.4, 0.5) is 0 Å². The minimum atomic E-state index is -0.973. The third kappa shape index (κ3) is 2.85. The number of hydrogen-bond donors (Lipinski definition) is 1. The second-order valence-electron chi connectivity index (χ2n) is 4.16. The van der Waals surface area contributed by atoms with E-state index < -0.39 is 5.97 Å². The highest BCUT2D eigenvalue weighted by molar-refractivity contribution is 6.31. The summed E-state index contributed by atoms with van der Waals surface area (Å²) in [5.41, 5.74) is 3.27. The van der Waals surface area contributed by atoms with Crippen LogP contribution < -0.4 is 0 Å². The fourth-order valence-corrected chi connectivity index (χ4v) is 1.92. The van der Waals surface area contributed by atoms with Crippen LogP contribution in [0.15, 0.2) is 30.3 Å². The van der Waals surface area contributed by atoms with Gasteiger partial charge in [0.15, 0.2) is 0 Å². The van der Waals surface area contributed by atoms with Crippen molar-refractivity contribution in [3.63, 3.8) is 0 Å². The molecule has 0 bridgehead atoms. The number of carboxylic acids is 1. The number of carbonyl (C=O) groups is 1. The quantitative estimate of drug-likeness (QED) is 0.876. The molecule has 0 radical (unpaired) electrons. The van der Waals surface area contributed by atoms with Crippen molar-refractivity contribution in [3.05, 3.63) is 52.3 Å². The minimum absolute atomic E-state index is 0.645. The molecule has 1 N–H and O–H groups in total. The lowest BCUT2D eigenvalue weighted by molar-refractivity contribution is -0.131. The van der Waals surface area contributed by atoms with Gasteiger partial charge < -0.3 is 5.11 Å². The predicted molar refractivity (Wildman–Crippen MR) is 74.7 cm³/mol. The zero-order chi connectivity index (χ0) is 14.0. The summed E-state index contributed by atoms with van der Waals surface area (Å²) in [6.07, 6.45) is 2.65. The first kappa shape index (κ1) is 13.4. The van der Waals surface area contributed by atoms with E-state index in [1.165, 1.54) is 0 Å². The summed E-state index contributed by atoms with van der Waals surface area (Å²) in [6.45, 7) is 3.74. The average Bonchev–Trinajstić information content (AvgIpc) is 2.64. The fourth-order valence-electron chi connectivity index (χ4n) is 1.80. The molecular weight excluding hydrogens is 264 g/mol. The second kappa shape index (κ2) is 5.28. The minimum Gasteiger partial charge on any atom is -0.478 e. The molecule has 0 saturated heterocycles. The van der Waals surface area contributed by atoms with Gasteiger partial charge in [0.25, 0.3) is 0 Å². The van der Waals surface area contributed by atoms with Gasteiger partial charge in [-0.3, -0.25) is 0 Å². The highest BCUT2D eigenvalue weighted by Gasteiger charge is 2.10. The van der Waals surface area contributed by atoms with Crippen molar-refractivity contribution >= 4 is 23.6 Å². The molecule has 0 fully saturated rings. The van der Waals surface area contributed by atoms with E-state index in [2.05, 4.69) is 5.10 Å². The maximum atomic E-state index is 10.5. The zero-order valence-corrected chi connectivity index (χ0v) is 11.3. The van der Waals surface area contributed by atoms with Crippen LogP contribution in [0.1, 0.15) is 17.0 Å². The van der Waals surface area contributed by atoms with Gasteiger partial charge in [0.2, 0.25) is 0 Å². The summed E-state index contributed by atoms with van der Waals surface area (Å²) < 4.78 is 1.75. The largest absolute Gasteiger partial charge is 0.478 e. The Morgan fingerprint density at radius 3 is 2.74 bits per heavy atom. The molecule has 2 rings (SSSR count). The molecule has 0 aliphatic rings. The van der Waals surface area contributed by atoms with Crippen molar-refractivity contribution in [2.75, 3.05) is 0 Å². The molecule has 1 aromatic heterocycles. The van der Waals surface area contributed by atoms with Crippen molar-refractivity contribution < 1.29 is 9.90 Å². The Hall–Kier alpha value is -2.07. The Bertz CT molecular complexity index is 659. The van der Waals surface area contributed by atoms with Gasteiger partial charge in [-0.1, -0.05) is 23.7 Å². The number of benzene rings is 1. The molecule has 19 heavy (non-hydrogen) atoms. The van der Waals surface area contributed by atoms with Crippen molar-refractivity contribution in [1.82, 2.24) is 9.78 Å². The van der Waals surface area contributed by atoms with E-state index in [9.17, 15) is 4.79 Å². The Kier molecular flexibility index (Phi) is 3.71. The van der Waals surface area contributed by atoms with Crippen molar-refractivity contribution in [2.24, 2.45) is 0 Å². The molecule has 2 aromatic rings. The van der Waals surface area contributed by atoms with Crippen LogP contribution in [0.5, 0.6) is 0 Å². The predicted octanol–water partition coefficient (Wildman–Crippen LogP) is 3.24. The van der Waals surface area contributed by atoms with E-state index in [1.54, 1.807) is 10.8 Å². The third-order valence-corrected chi connectivity index (χ3v) is 3.28. The third-order valence-electron chi connectivity index (χ3n) is 2.74.